The first-order valence-electron chi connectivity index (χ1n) is 9.76. The molecule has 2 amide bonds. The number of nitrogens with one attached hydrogen (secondary N) is 2. The van der Waals surface area contributed by atoms with Gasteiger partial charge in [-0.15, -0.1) is 10.2 Å². The Balaban J connectivity index is 1.64. The summed E-state index contributed by atoms with van der Waals surface area (Å²) < 4.78 is 2.60. The highest BCUT2D eigenvalue weighted by molar-refractivity contribution is 9.10. The van der Waals surface area contributed by atoms with Crippen LogP contribution in [-0.2, 0) is 11.3 Å². The minimum atomic E-state index is -0.440. The third-order valence-corrected chi connectivity index (χ3v) is 7.26. The molecule has 12 heteroatoms. The molecule has 1 atom stereocenters. The Labute approximate surface area is 218 Å². The van der Waals surface area contributed by atoms with Crippen molar-refractivity contribution in [3.8, 4) is 0 Å². The van der Waals surface area contributed by atoms with E-state index in [1.807, 2.05) is 11.5 Å². The Morgan fingerprint density at radius 2 is 1.88 bits per heavy atom. The summed E-state index contributed by atoms with van der Waals surface area (Å²) in [5.74, 6) is 0.145. The number of nitrogens with zero attached hydrogens (tertiary/aromatic N) is 3. The summed E-state index contributed by atoms with van der Waals surface area (Å²) in [6, 6.07) is 9.42. The van der Waals surface area contributed by atoms with Crippen LogP contribution in [0, 0.1) is 0 Å². The van der Waals surface area contributed by atoms with Gasteiger partial charge in [0.15, 0.2) is 11.0 Å². The van der Waals surface area contributed by atoms with Crippen molar-refractivity contribution in [2.45, 2.75) is 31.6 Å². The van der Waals surface area contributed by atoms with E-state index in [1.165, 1.54) is 17.8 Å². The molecule has 1 heterocycles. The van der Waals surface area contributed by atoms with E-state index in [4.69, 9.17) is 34.8 Å². The van der Waals surface area contributed by atoms with Gasteiger partial charge in [0.1, 0.15) is 0 Å². The maximum Gasteiger partial charge on any atom is 0.253 e. The number of rotatable bonds is 8. The van der Waals surface area contributed by atoms with Crippen LogP contribution in [0.3, 0.4) is 0 Å². The van der Waals surface area contributed by atoms with Gasteiger partial charge in [-0.1, -0.05) is 46.6 Å². The second-order valence-corrected chi connectivity index (χ2v) is 9.92. The number of carbonyl (C=O) groups excluding carboxylic acids is 2. The van der Waals surface area contributed by atoms with Crippen LogP contribution in [0.5, 0.6) is 0 Å². The van der Waals surface area contributed by atoms with Crippen molar-refractivity contribution in [2.75, 3.05) is 11.1 Å². The van der Waals surface area contributed by atoms with Gasteiger partial charge in [-0.05, 0) is 66.2 Å². The van der Waals surface area contributed by atoms with Gasteiger partial charge in [0.05, 0.1) is 27.4 Å². The van der Waals surface area contributed by atoms with Crippen LogP contribution in [0.15, 0.2) is 46.0 Å². The lowest BCUT2D eigenvalue weighted by Gasteiger charge is -2.15. The van der Waals surface area contributed by atoms with Crippen molar-refractivity contribution in [1.82, 2.24) is 20.1 Å². The smallest absolute Gasteiger partial charge is 0.253 e. The van der Waals surface area contributed by atoms with Gasteiger partial charge < -0.3 is 15.2 Å². The number of halogens is 4. The summed E-state index contributed by atoms with van der Waals surface area (Å²) in [6.07, 6.45) is 0. The summed E-state index contributed by atoms with van der Waals surface area (Å²) in [5.41, 5.74) is 0.915. The number of hydrogen-bond acceptors (Lipinski definition) is 5. The fourth-order valence-corrected chi connectivity index (χ4v) is 4.67. The lowest BCUT2D eigenvalue weighted by molar-refractivity contribution is -0.113. The molecule has 2 N–H and O–H groups in total. The van der Waals surface area contributed by atoms with E-state index >= 15 is 0 Å². The molecule has 2 aromatic carbocycles. The van der Waals surface area contributed by atoms with Gasteiger partial charge in [-0.2, -0.15) is 0 Å². The molecule has 0 aliphatic rings. The van der Waals surface area contributed by atoms with E-state index in [0.29, 0.717) is 38.8 Å². The monoisotopic (exact) mass is 589 g/mol. The minimum absolute atomic E-state index is 0.132. The molecule has 33 heavy (non-hydrogen) atoms. The Kier molecular flexibility index (Phi) is 9.06. The highest BCUT2D eigenvalue weighted by Crippen LogP contribution is 2.26. The van der Waals surface area contributed by atoms with Gasteiger partial charge in [0.25, 0.3) is 5.91 Å². The number of benzene rings is 2. The fourth-order valence-electron chi connectivity index (χ4n) is 2.94. The second kappa shape index (κ2) is 11.6. The molecule has 7 nitrogen and oxygen atoms in total. The molecular formula is C21H19BrCl3N5O2S. The van der Waals surface area contributed by atoms with Crippen LogP contribution >= 0.6 is 62.5 Å². The number of hydrogen-bond donors (Lipinski definition) is 2. The van der Waals surface area contributed by atoms with Crippen molar-refractivity contribution in [1.29, 1.82) is 0 Å². The molecule has 174 valence electrons. The van der Waals surface area contributed by atoms with Crippen LogP contribution < -0.4 is 10.6 Å². The summed E-state index contributed by atoms with van der Waals surface area (Å²) in [5, 5.41) is 15.9. The molecule has 0 unspecified atom stereocenters. The van der Waals surface area contributed by atoms with Crippen LogP contribution in [-0.4, -0.2) is 32.3 Å². The van der Waals surface area contributed by atoms with E-state index in [0.717, 1.165) is 4.47 Å². The van der Waals surface area contributed by atoms with E-state index < -0.39 is 6.04 Å². The first-order valence-corrected chi connectivity index (χ1v) is 12.7. The van der Waals surface area contributed by atoms with Gasteiger partial charge in [0, 0.05) is 21.7 Å². The maximum atomic E-state index is 12.6. The first-order chi connectivity index (χ1) is 15.7. The van der Waals surface area contributed by atoms with Crippen LogP contribution in [0.1, 0.15) is 36.1 Å². The molecule has 3 aromatic rings. The number of thioether (sulfide) groups is 1. The standard InChI is InChI=1S/C21H19BrCl3N5O2S/c1-3-30-19(11(2)26-20(32)14-6-4-12(23)8-16(14)24)28-29-21(30)33-10-18(31)27-13-5-7-15(22)17(25)9-13/h4-9,11H,3,10H2,1-2H3,(H,26,32)(H,27,31)/t11-/m1/s1. The fraction of sp³-hybridized carbons (Fsp3) is 0.238. The Morgan fingerprint density at radius 1 is 1.12 bits per heavy atom. The summed E-state index contributed by atoms with van der Waals surface area (Å²) in [7, 11) is 0. The van der Waals surface area contributed by atoms with E-state index in [9.17, 15) is 9.59 Å². The summed E-state index contributed by atoms with van der Waals surface area (Å²) in [6.45, 7) is 4.30. The average Bonchev–Trinajstić information content (AvgIpc) is 3.18. The third kappa shape index (κ3) is 6.64. The predicted molar refractivity (Wildman–Crippen MR) is 137 cm³/mol. The van der Waals surface area contributed by atoms with E-state index in [-0.39, 0.29) is 22.6 Å². The molecule has 0 fully saturated rings. The maximum absolute atomic E-state index is 12.6. The van der Waals surface area contributed by atoms with Gasteiger partial charge in [0.2, 0.25) is 5.91 Å². The molecule has 0 aliphatic carbocycles. The number of carbonyl (C=O) groups is 2. The van der Waals surface area contributed by atoms with E-state index in [1.54, 1.807) is 37.3 Å². The third-order valence-electron chi connectivity index (χ3n) is 4.51. The van der Waals surface area contributed by atoms with Crippen molar-refractivity contribution in [3.05, 3.63) is 67.3 Å². The Bertz CT molecular complexity index is 1190. The lowest BCUT2D eigenvalue weighted by Crippen LogP contribution is -2.29. The van der Waals surface area contributed by atoms with Crippen LogP contribution in [0.25, 0.3) is 0 Å². The highest BCUT2D eigenvalue weighted by atomic mass is 79.9. The molecule has 0 bridgehead atoms. The van der Waals surface area contributed by atoms with Crippen LogP contribution in [0.2, 0.25) is 15.1 Å². The lowest BCUT2D eigenvalue weighted by atomic mass is 10.2. The number of aromatic nitrogens is 3. The molecule has 0 spiro atoms. The van der Waals surface area contributed by atoms with Crippen molar-refractivity contribution in [2.24, 2.45) is 0 Å². The molecular weight excluding hydrogens is 573 g/mol. The first kappa shape index (κ1) is 25.8. The quantitative estimate of drug-likeness (QED) is 0.303. The second-order valence-electron chi connectivity index (χ2n) is 6.87. The predicted octanol–water partition coefficient (Wildman–Crippen LogP) is 6.24. The van der Waals surface area contributed by atoms with Gasteiger partial charge >= 0.3 is 0 Å². The topological polar surface area (TPSA) is 88.9 Å². The molecule has 1 aromatic heterocycles. The minimum Gasteiger partial charge on any atom is -0.342 e. The largest absolute Gasteiger partial charge is 0.342 e. The molecule has 0 saturated carbocycles. The normalized spacial score (nSPS) is 11.8. The van der Waals surface area contributed by atoms with Crippen LogP contribution in [0.4, 0.5) is 5.69 Å². The molecule has 0 radical (unpaired) electrons. The van der Waals surface area contributed by atoms with Crippen molar-refractivity contribution in [3.63, 3.8) is 0 Å². The Morgan fingerprint density at radius 3 is 2.55 bits per heavy atom. The zero-order chi connectivity index (χ0) is 24.1. The number of amides is 2. The van der Waals surface area contributed by atoms with E-state index in [2.05, 4.69) is 36.8 Å². The van der Waals surface area contributed by atoms with Gasteiger partial charge in [-0.25, -0.2) is 0 Å². The summed E-state index contributed by atoms with van der Waals surface area (Å²) >= 11 is 22.7. The molecule has 3 rings (SSSR count). The molecule has 0 aliphatic heterocycles. The van der Waals surface area contributed by atoms with Gasteiger partial charge in [-0.3, -0.25) is 9.59 Å². The zero-order valence-electron chi connectivity index (χ0n) is 17.5. The van der Waals surface area contributed by atoms with Crippen molar-refractivity contribution < 1.29 is 9.59 Å². The number of anilines is 1. The summed E-state index contributed by atoms with van der Waals surface area (Å²) in [4.78, 5) is 25.0. The van der Waals surface area contributed by atoms with Crippen molar-refractivity contribution >= 4 is 80.0 Å². The Hall–Kier alpha value is -1.78. The SMILES string of the molecule is CCn1c(SCC(=O)Nc2ccc(Br)c(Cl)c2)nnc1[C@@H](C)NC(=O)c1ccc(Cl)cc1Cl. The highest BCUT2D eigenvalue weighted by Gasteiger charge is 2.21. The zero-order valence-corrected chi connectivity index (χ0v) is 22.2. The molecule has 0 saturated heterocycles. The average molecular weight is 592 g/mol.